The minimum Gasteiger partial charge on any atom is -0.491 e. The summed E-state index contributed by atoms with van der Waals surface area (Å²) in [6.07, 6.45) is 4.99. The Morgan fingerprint density at radius 2 is 2.12 bits per heavy atom. The van der Waals surface area contributed by atoms with Crippen molar-refractivity contribution in [1.29, 1.82) is 0 Å². The van der Waals surface area contributed by atoms with Crippen molar-refractivity contribution in [2.24, 2.45) is 0 Å². The number of para-hydroxylation sites is 1. The summed E-state index contributed by atoms with van der Waals surface area (Å²) in [5.74, 6) is 2.03. The van der Waals surface area contributed by atoms with Crippen molar-refractivity contribution in [3.63, 3.8) is 0 Å². The summed E-state index contributed by atoms with van der Waals surface area (Å²) in [4.78, 5) is 4.35. The van der Waals surface area contributed by atoms with Crippen LogP contribution in [-0.2, 0) is 0 Å². The van der Waals surface area contributed by atoms with Gasteiger partial charge in [0.1, 0.15) is 11.3 Å². The summed E-state index contributed by atoms with van der Waals surface area (Å²) in [6.45, 7) is 0.760. The zero-order valence-electron chi connectivity index (χ0n) is 9.35. The Hall–Kier alpha value is -1.22. The van der Waals surface area contributed by atoms with E-state index in [2.05, 4.69) is 23.4 Å². The Morgan fingerprint density at radius 3 is 3.00 bits per heavy atom. The zero-order chi connectivity index (χ0) is 11.2. The van der Waals surface area contributed by atoms with Crippen molar-refractivity contribution in [2.75, 3.05) is 18.6 Å². The van der Waals surface area contributed by atoms with E-state index >= 15 is 0 Å². The van der Waals surface area contributed by atoms with Gasteiger partial charge in [0.2, 0.25) is 0 Å². The molecule has 0 aliphatic rings. The first-order valence-corrected chi connectivity index (χ1v) is 6.76. The van der Waals surface area contributed by atoms with E-state index in [-0.39, 0.29) is 0 Å². The number of rotatable bonds is 5. The van der Waals surface area contributed by atoms with Gasteiger partial charge in [0, 0.05) is 11.6 Å². The van der Waals surface area contributed by atoms with Crippen molar-refractivity contribution >= 4 is 22.7 Å². The lowest BCUT2D eigenvalue weighted by atomic mass is 10.2. The fraction of sp³-hybridized carbons (Fsp3) is 0.308. The van der Waals surface area contributed by atoms with Gasteiger partial charge in [-0.15, -0.1) is 0 Å². The maximum Gasteiger partial charge on any atom is 0.145 e. The molecule has 0 N–H and O–H groups in total. The molecule has 0 saturated carbocycles. The molecule has 0 amide bonds. The Kier molecular flexibility index (Phi) is 4.05. The molecule has 0 bridgehead atoms. The summed E-state index contributed by atoms with van der Waals surface area (Å²) < 4.78 is 5.75. The molecular formula is C13H15NOS. The highest BCUT2D eigenvalue weighted by atomic mass is 32.2. The van der Waals surface area contributed by atoms with Crippen LogP contribution in [0.3, 0.4) is 0 Å². The van der Waals surface area contributed by atoms with Gasteiger partial charge in [0.05, 0.1) is 6.61 Å². The topological polar surface area (TPSA) is 22.1 Å². The lowest BCUT2D eigenvalue weighted by Crippen LogP contribution is -1.99. The van der Waals surface area contributed by atoms with E-state index in [4.69, 9.17) is 4.74 Å². The summed E-state index contributed by atoms with van der Waals surface area (Å²) in [5.41, 5.74) is 0.953. The maximum absolute atomic E-state index is 5.75. The van der Waals surface area contributed by atoms with Crippen LogP contribution in [0.4, 0.5) is 0 Å². The summed E-state index contributed by atoms with van der Waals surface area (Å²) in [6, 6.07) is 10.0. The quantitative estimate of drug-likeness (QED) is 0.739. The molecule has 3 heteroatoms. The van der Waals surface area contributed by atoms with E-state index in [1.807, 2.05) is 30.0 Å². The zero-order valence-corrected chi connectivity index (χ0v) is 10.2. The number of ether oxygens (including phenoxy) is 1. The molecule has 0 radical (unpaired) electrons. The van der Waals surface area contributed by atoms with Gasteiger partial charge in [0.25, 0.3) is 0 Å². The van der Waals surface area contributed by atoms with E-state index in [0.717, 1.165) is 35.4 Å². The van der Waals surface area contributed by atoms with Crippen LogP contribution in [0.15, 0.2) is 36.5 Å². The van der Waals surface area contributed by atoms with Gasteiger partial charge in [-0.1, -0.05) is 18.2 Å². The highest BCUT2D eigenvalue weighted by Crippen LogP contribution is 2.22. The molecule has 1 aromatic carbocycles. The first kappa shape index (κ1) is 11.3. The molecule has 0 atom stereocenters. The molecule has 0 unspecified atom stereocenters. The van der Waals surface area contributed by atoms with Gasteiger partial charge in [-0.2, -0.15) is 11.8 Å². The second-order valence-electron chi connectivity index (χ2n) is 3.53. The van der Waals surface area contributed by atoms with Crippen LogP contribution in [0.2, 0.25) is 0 Å². The van der Waals surface area contributed by atoms with Crippen LogP contribution >= 0.6 is 11.8 Å². The van der Waals surface area contributed by atoms with E-state index in [1.165, 1.54) is 0 Å². The SMILES string of the molecule is CSCCCOc1cccc2cccnc12. The number of hydrogen-bond donors (Lipinski definition) is 0. The highest BCUT2D eigenvalue weighted by Gasteiger charge is 2.01. The van der Waals surface area contributed by atoms with Gasteiger partial charge in [-0.25, -0.2) is 0 Å². The number of hydrogen-bond acceptors (Lipinski definition) is 3. The smallest absolute Gasteiger partial charge is 0.145 e. The van der Waals surface area contributed by atoms with E-state index in [0.29, 0.717) is 0 Å². The van der Waals surface area contributed by atoms with Crippen molar-refractivity contribution in [3.05, 3.63) is 36.5 Å². The first-order chi connectivity index (χ1) is 7.92. The number of benzene rings is 1. The summed E-state index contributed by atoms with van der Waals surface area (Å²) in [7, 11) is 0. The minimum absolute atomic E-state index is 0.760. The molecule has 0 saturated heterocycles. The van der Waals surface area contributed by atoms with Gasteiger partial charge in [-0.05, 0) is 30.6 Å². The second-order valence-corrected chi connectivity index (χ2v) is 4.51. The van der Waals surface area contributed by atoms with Gasteiger partial charge < -0.3 is 4.74 Å². The van der Waals surface area contributed by atoms with Crippen molar-refractivity contribution in [2.45, 2.75) is 6.42 Å². The molecule has 0 fully saturated rings. The molecule has 2 aromatic rings. The third kappa shape index (κ3) is 2.67. The molecular weight excluding hydrogens is 218 g/mol. The van der Waals surface area contributed by atoms with Crippen LogP contribution in [0.1, 0.15) is 6.42 Å². The number of nitrogens with zero attached hydrogens (tertiary/aromatic N) is 1. The van der Waals surface area contributed by atoms with E-state index < -0.39 is 0 Å². The fourth-order valence-corrected chi connectivity index (χ4v) is 1.98. The average molecular weight is 233 g/mol. The Bertz CT molecular complexity index is 453. The monoisotopic (exact) mass is 233 g/mol. The maximum atomic E-state index is 5.75. The predicted octanol–water partition coefficient (Wildman–Crippen LogP) is 3.37. The second kappa shape index (κ2) is 5.75. The number of aromatic nitrogens is 1. The Morgan fingerprint density at radius 1 is 1.25 bits per heavy atom. The van der Waals surface area contributed by atoms with Crippen molar-refractivity contribution in [3.8, 4) is 5.75 Å². The van der Waals surface area contributed by atoms with Crippen molar-refractivity contribution < 1.29 is 4.74 Å². The van der Waals surface area contributed by atoms with E-state index in [9.17, 15) is 0 Å². The number of fused-ring (bicyclic) bond motifs is 1. The molecule has 2 nitrogen and oxygen atoms in total. The van der Waals surface area contributed by atoms with Crippen LogP contribution in [0.25, 0.3) is 10.9 Å². The molecule has 0 aliphatic heterocycles. The first-order valence-electron chi connectivity index (χ1n) is 5.37. The van der Waals surface area contributed by atoms with Gasteiger partial charge >= 0.3 is 0 Å². The summed E-state index contributed by atoms with van der Waals surface area (Å²) in [5, 5.41) is 1.13. The molecule has 1 aromatic heterocycles. The van der Waals surface area contributed by atoms with Gasteiger partial charge in [-0.3, -0.25) is 4.98 Å². The van der Waals surface area contributed by atoms with Crippen LogP contribution < -0.4 is 4.74 Å². The Labute approximate surface area is 100 Å². The minimum atomic E-state index is 0.760. The third-order valence-corrected chi connectivity index (χ3v) is 3.04. The fourth-order valence-electron chi connectivity index (χ4n) is 1.58. The normalized spacial score (nSPS) is 10.6. The predicted molar refractivity (Wildman–Crippen MR) is 70.2 cm³/mol. The third-order valence-electron chi connectivity index (χ3n) is 2.35. The molecule has 84 valence electrons. The standard InChI is InChI=1S/C13H15NOS/c1-16-10-4-9-15-12-7-2-5-11-6-3-8-14-13(11)12/h2-3,5-8H,4,9-10H2,1H3. The molecule has 1 heterocycles. The average Bonchev–Trinajstić information content (AvgIpc) is 2.35. The van der Waals surface area contributed by atoms with Gasteiger partial charge in [0.15, 0.2) is 0 Å². The van der Waals surface area contributed by atoms with Crippen LogP contribution in [0.5, 0.6) is 5.75 Å². The lowest BCUT2D eigenvalue weighted by Gasteiger charge is -2.07. The highest BCUT2D eigenvalue weighted by molar-refractivity contribution is 7.98. The molecule has 16 heavy (non-hydrogen) atoms. The van der Waals surface area contributed by atoms with Crippen LogP contribution in [0, 0.1) is 0 Å². The molecule has 0 spiro atoms. The number of pyridine rings is 1. The van der Waals surface area contributed by atoms with Crippen molar-refractivity contribution in [1.82, 2.24) is 4.98 Å². The van der Waals surface area contributed by atoms with E-state index in [1.54, 1.807) is 6.20 Å². The molecule has 0 aliphatic carbocycles. The van der Waals surface area contributed by atoms with Crippen LogP contribution in [-0.4, -0.2) is 23.6 Å². The summed E-state index contributed by atoms with van der Waals surface area (Å²) >= 11 is 1.84. The molecule has 2 rings (SSSR count). The lowest BCUT2D eigenvalue weighted by molar-refractivity contribution is 0.322. The Balaban J connectivity index is 2.11. The number of thioether (sulfide) groups is 1. The largest absolute Gasteiger partial charge is 0.491 e.